The van der Waals surface area contributed by atoms with Crippen molar-refractivity contribution in [1.82, 2.24) is 39.9 Å². The van der Waals surface area contributed by atoms with Gasteiger partial charge in [0.1, 0.15) is 23.3 Å². The fourth-order valence-electron chi connectivity index (χ4n) is 13.8. The van der Waals surface area contributed by atoms with Crippen LogP contribution < -0.4 is 0 Å². The lowest BCUT2D eigenvalue weighted by molar-refractivity contribution is -0.187. The molecule has 0 spiro atoms. The summed E-state index contributed by atoms with van der Waals surface area (Å²) in [5.74, 6) is 9.99. The van der Waals surface area contributed by atoms with Gasteiger partial charge in [-0.25, -0.2) is 47.5 Å². The van der Waals surface area contributed by atoms with Crippen LogP contribution in [0.25, 0.3) is 0 Å². The zero-order valence-electron chi connectivity index (χ0n) is 89.2. The van der Waals surface area contributed by atoms with Gasteiger partial charge in [-0.05, 0) is 297 Å². The largest absolute Gasteiger partial charge is 0.353 e. The van der Waals surface area contributed by atoms with E-state index in [2.05, 4.69) is 166 Å². The Morgan fingerprint density at radius 2 is 0.410 bits per heavy atom. The molecular weight excluding hydrogens is 1680 g/mol. The monoisotopic (exact) mass is 1850 g/mol. The van der Waals surface area contributed by atoms with Gasteiger partial charge in [0.25, 0.3) is 0 Å². The SMILES string of the molecule is CC1CCC(C)CC1.CC1CCC(C)CC1.CC1CCC(C)CC1.CC1CCC(C)CC1.CC1CCC(C)CC1.CC1COC(C)OC1.Cc1ccc(C)c(F)c1.Cc1ccc(C)c(F)c1.Cc1ccc(C)c(F)c1F.Cc1ccc(C)c(F)n1.Cc1ccc(C)c(F)n1.Cc1ccc(C)cc1.Cc1ccc(C)nc1.Cc1ccc(C)nc1.Cc1cnc(C)nc1.Cc1cnc(C)nc1. The lowest BCUT2D eigenvalue weighted by atomic mass is 9.84. The number of pyridine rings is 4. The number of hydrogen-bond acceptors (Lipinski definition) is 10. The lowest BCUT2D eigenvalue weighted by Crippen LogP contribution is -2.27. The van der Waals surface area contributed by atoms with Gasteiger partial charge >= 0.3 is 0 Å². The van der Waals surface area contributed by atoms with Crippen LogP contribution >= 0.6 is 0 Å². The first-order valence-corrected chi connectivity index (χ1v) is 49.7. The summed E-state index contributed by atoms with van der Waals surface area (Å²) >= 11 is 0. The molecule has 744 valence electrons. The molecule has 0 N–H and O–H groups in total. The third kappa shape index (κ3) is 63.5. The summed E-state index contributed by atoms with van der Waals surface area (Å²) in [5.41, 5.74) is 16.2. The van der Waals surface area contributed by atoms with Crippen LogP contribution in [0.4, 0.5) is 26.3 Å². The molecule has 0 amide bonds. The first-order chi connectivity index (χ1) is 63.1. The van der Waals surface area contributed by atoms with E-state index < -0.39 is 11.6 Å². The molecule has 10 nitrogen and oxygen atoms in total. The summed E-state index contributed by atoms with van der Waals surface area (Å²) in [4.78, 5) is 31.2. The van der Waals surface area contributed by atoms with Crippen molar-refractivity contribution in [1.29, 1.82) is 0 Å². The molecule has 7 heterocycles. The van der Waals surface area contributed by atoms with Crippen LogP contribution in [0.3, 0.4) is 0 Å². The van der Waals surface area contributed by atoms with E-state index >= 15 is 0 Å². The van der Waals surface area contributed by atoms with Crippen LogP contribution in [0.5, 0.6) is 0 Å². The van der Waals surface area contributed by atoms with Crippen LogP contribution in [0.1, 0.15) is 324 Å². The highest BCUT2D eigenvalue weighted by atomic mass is 19.2. The van der Waals surface area contributed by atoms with E-state index in [0.29, 0.717) is 39.3 Å². The molecule has 0 radical (unpaired) electrons. The molecule has 5 aliphatic carbocycles. The molecule has 0 bridgehead atoms. The maximum absolute atomic E-state index is 12.6. The smallest absolute Gasteiger partial charge is 0.215 e. The predicted octanol–water partition coefficient (Wildman–Crippen LogP) is 34.2. The minimum atomic E-state index is -0.736. The Morgan fingerprint density at radius 3 is 0.590 bits per heavy atom. The van der Waals surface area contributed by atoms with Crippen molar-refractivity contribution in [2.45, 2.75) is 356 Å². The number of nitrogens with zero attached hydrogens (tertiary/aromatic N) is 8. The molecular formula is C118H178F6N8O2. The van der Waals surface area contributed by atoms with Gasteiger partial charge in [-0.2, -0.15) is 8.78 Å². The van der Waals surface area contributed by atoms with Crippen molar-refractivity contribution in [3.63, 3.8) is 0 Å². The molecule has 1 aliphatic heterocycles. The molecule has 0 unspecified atom stereocenters. The van der Waals surface area contributed by atoms with E-state index in [1.54, 1.807) is 90.1 Å². The topological polar surface area (TPSA) is 122 Å². The highest BCUT2D eigenvalue weighted by Gasteiger charge is 2.18. The van der Waals surface area contributed by atoms with E-state index in [0.717, 1.165) is 129 Å². The maximum Gasteiger partial charge on any atom is 0.215 e. The number of aromatic nitrogens is 8. The first-order valence-electron chi connectivity index (χ1n) is 49.7. The standard InChI is InChI=1S/C8H8F2.2C8H9F.5C8H16.C8H10.2C7H8FN.2C7H9N.2C6H8N2.C6H12O2/c1-5-3-4-6(2)8(10)7(5)9;2*1-6-3-4-7(2)8(9)5-6;6*1-7-3-5-8(2)6-4-7;2*1-5-3-4-6(2)9-7(5)8;2*1-6-3-4-7(2)8-5-6;3*1-5-3-7-6(2)8-4-5/h3-4H,1-2H3;2*3-5H,1-2H3;5*7-8H,3-6H2,1-2H3;3-6H,1-2H3;2*3-4H,1-2H3;2*3-5H,1-2H3;2*3-4H,1-2H3;5-6H,3-4H2,1-2H3. The van der Waals surface area contributed by atoms with Gasteiger partial charge in [-0.1, -0.05) is 301 Å². The average molecular weight is 1850 g/mol. The summed E-state index contributed by atoms with van der Waals surface area (Å²) in [6, 6.07) is 37.2. The number of halogens is 6. The molecule has 1 saturated heterocycles. The lowest BCUT2D eigenvalue weighted by Gasteiger charge is -2.24. The zero-order valence-corrected chi connectivity index (χ0v) is 89.2. The van der Waals surface area contributed by atoms with Crippen molar-refractivity contribution >= 4 is 0 Å². The summed E-state index contributed by atoms with van der Waals surface area (Å²) in [6.07, 6.45) is 40.5. The molecule has 6 fully saturated rings. The molecule has 5 saturated carbocycles. The zero-order chi connectivity index (χ0) is 101. The van der Waals surface area contributed by atoms with Gasteiger partial charge in [-0.15, -0.1) is 0 Å². The molecule has 10 aromatic rings. The molecule has 6 aliphatic rings. The Labute approximate surface area is 811 Å². The van der Waals surface area contributed by atoms with Crippen molar-refractivity contribution in [3.8, 4) is 0 Å². The molecule has 6 aromatic heterocycles. The normalized spacial score (nSPS) is 20.3. The second-order valence-corrected chi connectivity index (χ2v) is 39.8. The van der Waals surface area contributed by atoms with Gasteiger partial charge in [0, 0.05) is 77.0 Å². The maximum atomic E-state index is 12.6. The summed E-state index contributed by atoms with van der Waals surface area (Å²) in [5, 5.41) is 0. The highest BCUT2D eigenvalue weighted by molar-refractivity contribution is 5.25. The van der Waals surface area contributed by atoms with Gasteiger partial charge in [0.05, 0.1) is 13.2 Å². The molecule has 0 atom stereocenters. The minimum absolute atomic E-state index is 0.0196. The van der Waals surface area contributed by atoms with E-state index in [1.807, 2.05) is 138 Å². The fraction of sp³-hybridized carbons (Fsp3) is 0.559. The second kappa shape index (κ2) is 70.7. The Kier molecular flexibility index (Phi) is 65.0. The van der Waals surface area contributed by atoms with Gasteiger partial charge in [-0.3, -0.25) is 9.97 Å². The number of hydrogen-bond donors (Lipinski definition) is 0. The third-order valence-corrected chi connectivity index (χ3v) is 24.4. The Balaban J connectivity index is 0.000000715. The van der Waals surface area contributed by atoms with Gasteiger partial charge in [0.2, 0.25) is 11.9 Å². The second-order valence-electron chi connectivity index (χ2n) is 39.8. The highest BCUT2D eigenvalue weighted by Crippen LogP contribution is 2.31. The molecule has 16 rings (SSSR count). The summed E-state index contributed by atoms with van der Waals surface area (Å²) in [6.45, 7) is 66.6. The summed E-state index contributed by atoms with van der Waals surface area (Å²) in [7, 11) is 0. The van der Waals surface area contributed by atoms with Crippen molar-refractivity contribution < 1.29 is 35.8 Å². The van der Waals surface area contributed by atoms with E-state index in [1.165, 1.54) is 177 Å². The Hall–Kier alpha value is -8.86. The van der Waals surface area contributed by atoms with Gasteiger partial charge < -0.3 is 9.47 Å². The van der Waals surface area contributed by atoms with Crippen LogP contribution in [-0.4, -0.2) is 59.4 Å². The predicted molar refractivity (Wildman–Crippen MR) is 556 cm³/mol. The van der Waals surface area contributed by atoms with Crippen molar-refractivity contribution in [3.05, 3.63) is 306 Å². The van der Waals surface area contributed by atoms with Gasteiger partial charge in [0.15, 0.2) is 17.9 Å². The van der Waals surface area contributed by atoms with Crippen LogP contribution in [0.15, 0.2) is 159 Å². The minimum Gasteiger partial charge on any atom is -0.353 e. The quantitative estimate of drug-likeness (QED) is 0.107. The molecule has 134 heavy (non-hydrogen) atoms. The molecule has 16 heteroatoms. The van der Waals surface area contributed by atoms with E-state index in [9.17, 15) is 26.3 Å². The van der Waals surface area contributed by atoms with Crippen LogP contribution in [-0.2, 0) is 9.47 Å². The number of benzene rings is 4. The van der Waals surface area contributed by atoms with Crippen LogP contribution in [0, 0.1) is 239 Å². The Morgan fingerprint density at radius 1 is 0.209 bits per heavy atom. The third-order valence-electron chi connectivity index (χ3n) is 24.4. The first kappa shape index (κ1) is 123. The van der Waals surface area contributed by atoms with Crippen molar-refractivity contribution in [2.24, 2.45) is 65.1 Å². The average Bonchev–Trinajstić information content (AvgIpc) is 0.878. The number of aryl methyl sites for hydroxylation is 20. The summed E-state index contributed by atoms with van der Waals surface area (Å²) < 4.78 is 85.7. The molecule has 4 aromatic carbocycles. The fourth-order valence-corrected chi connectivity index (χ4v) is 13.8. The van der Waals surface area contributed by atoms with E-state index in [4.69, 9.17) is 9.47 Å². The van der Waals surface area contributed by atoms with E-state index in [-0.39, 0.29) is 29.8 Å². The number of rotatable bonds is 0. The number of ether oxygens (including phenoxy) is 2. The van der Waals surface area contributed by atoms with Crippen molar-refractivity contribution in [2.75, 3.05) is 13.2 Å². The Bertz CT molecular complexity index is 3840. The van der Waals surface area contributed by atoms with Crippen LogP contribution in [0.2, 0.25) is 0 Å².